The lowest BCUT2D eigenvalue weighted by Crippen LogP contribution is -2.43. The van der Waals surface area contributed by atoms with Gasteiger partial charge in [-0.25, -0.2) is 13.8 Å². The van der Waals surface area contributed by atoms with E-state index in [2.05, 4.69) is 4.98 Å². The van der Waals surface area contributed by atoms with E-state index in [1.54, 1.807) is 18.2 Å². The van der Waals surface area contributed by atoms with E-state index >= 15 is 4.39 Å². The number of ether oxygens (including phenoxy) is 1. The molecule has 14 heteroatoms. The number of hydrogen-bond acceptors (Lipinski definition) is 10. The minimum atomic E-state index is -4.26. The largest absolute Gasteiger partial charge is 0.530 e. The van der Waals surface area contributed by atoms with Gasteiger partial charge in [-0.1, -0.05) is 30.4 Å². The highest BCUT2D eigenvalue weighted by atomic mass is 32.1. The Morgan fingerprint density at radius 2 is 2.16 bits per heavy atom. The lowest BCUT2D eigenvalue weighted by Gasteiger charge is -2.28. The Morgan fingerprint density at radius 1 is 1.42 bits per heavy atom. The predicted octanol–water partition coefficient (Wildman–Crippen LogP) is 1.37. The summed E-state index contributed by atoms with van der Waals surface area (Å²) in [5.41, 5.74) is -0.438. The number of alkyl halides is 1. The standard InChI is InChI=1S/C17H16FN2O9PS/c18-17(8-27-30(25)26-7-9-3-1-2-4-11(9)29-30)13(23)12(22)15(28-17)20-5-10(6-21)14(31)19-16(20)24/h1-6,12-13,15,22-23H,7-8H2,(H,19,24,31)/t12-,13+,15-,17-,30?/m1/s1. The molecule has 2 aliphatic rings. The summed E-state index contributed by atoms with van der Waals surface area (Å²) < 4.78 is 48.8. The minimum Gasteiger partial charge on any atom is -0.404 e. The fraction of sp³-hybridized carbons (Fsp3) is 0.353. The molecule has 1 aromatic carbocycles. The van der Waals surface area contributed by atoms with Crippen molar-refractivity contribution in [3.05, 3.63) is 56.7 Å². The van der Waals surface area contributed by atoms with Crippen molar-refractivity contribution in [1.29, 1.82) is 0 Å². The molecule has 0 saturated carbocycles. The van der Waals surface area contributed by atoms with Crippen molar-refractivity contribution in [2.45, 2.75) is 30.9 Å². The number of para-hydroxylation sites is 1. The van der Waals surface area contributed by atoms with Crippen LogP contribution in [0.4, 0.5) is 4.39 Å². The van der Waals surface area contributed by atoms with Gasteiger partial charge in [0.25, 0.3) is 5.85 Å². The predicted molar refractivity (Wildman–Crippen MR) is 103 cm³/mol. The van der Waals surface area contributed by atoms with Gasteiger partial charge >= 0.3 is 13.5 Å². The van der Waals surface area contributed by atoms with Crippen LogP contribution in [-0.2, 0) is 25.0 Å². The van der Waals surface area contributed by atoms with Gasteiger partial charge in [-0.2, -0.15) is 0 Å². The number of aromatic amines is 1. The number of carbonyl (C=O) groups is 1. The van der Waals surface area contributed by atoms with E-state index in [9.17, 15) is 24.4 Å². The molecule has 3 N–H and O–H groups in total. The Labute approximate surface area is 178 Å². The van der Waals surface area contributed by atoms with E-state index in [0.717, 1.165) is 6.20 Å². The number of phosphoric acid groups is 1. The highest BCUT2D eigenvalue weighted by molar-refractivity contribution is 7.71. The smallest absolute Gasteiger partial charge is 0.404 e. The number of aliphatic hydroxyl groups is 2. The van der Waals surface area contributed by atoms with Gasteiger partial charge in [-0.05, 0) is 6.07 Å². The van der Waals surface area contributed by atoms with Crippen LogP contribution < -0.4 is 10.2 Å². The lowest BCUT2D eigenvalue weighted by atomic mass is 10.1. The van der Waals surface area contributed by atoms with Crippen molar-refractivity contribution in [3.8, 4) is 5.75 Å². The number of hydrogen-bond donors (Lipinski definition) is 3. The first-order chi connectivity index (χ1) is 14.7. The quantitative estimate of drug-likeness (QED) is 0.329. The van der Waals surface area contributed by atoms with Crippen LogP contribution >= 0.6 is 20.0 Å². The molecule has 0 spiro atoms. The number of nitrogens with one attached hydrogen (secondary N) is 1. The number of benzene rings is 1. The molecule has 3 heterocycles. The van der Waals surface area contributed by atoms with Gasteiger partial charge in [-0.15, -0.1) is 0 Å². The van der Waals surface area contributed by atoms with Crippen molar-refractivity contribution in [2.24, 2.45) is 0 Å². The van der Waals surface area contributed by atoms with Gasteiger partial charge in [0.15, 0.2) is 12.5 Å². The Kier molecular flexibility index (Phi) is 5.68. The molecule has 1 saturated heterocycles. The number of aromatic nitrogens is 2. The maximum atomic E-state index is 15.3. The average molecular weight is 474 g/mol. The number of halogens is 1. The molecule has 2 aliphatic heterocycles. The average Bonchev–Trinajstić information content (AvgIpc) is 2.97. The summed E-state index contributed by atoms with van der Waals surface area (Å²) in [5.74, 6) is -2.86. The molecule has 0 aliphatic carbocycles. The van der Waals surface area contributed by atoms with Crippen molar-refractivity contribution in [2.75, 3.05) is 6.61 Å². The van der Waals surface area contributed by atoms with Crippen LogP contribution in [0.15, 0.2) is 35.3 Å². The van der Waals surface area contributed by atoms with Crippen LogP contribution in [-0.4, -0.2) is 50.7 Å². The second kappa shape index (κ2) is 8.02. The maximum Gasteiger partial charge on any atom is 0.530 e. The Hall–Kier alpha value is -2.25. The van der Waals surface area contributed by atoms with Gasteiger partial charge in [0.1, 0.15) is 29.2 Å². The molecule has 11 nitrogen and oxygen atoms in total. The van der Waals surface area contributed by atoms with Gasteiger partial charge in [-0.3, -0.25) is 23.4 Å². The molecule has 4 rings (SSSR count). The van der Waals surface area contributed by atoms with E-state index < -0.39 is 44.4 Å². The van der Waals surface area contributed by atoms with Crippen molar-refractivity contribution in [3.63, 3.8) is 0 Å². The molecule has 0 amide bonds. The van der Waals surface area contributed by atoms with Gasteiger partial charge in [0, 0.05) is 11.8 Å². The topological polar surface area (TPSA) is 149 Å². The summed E-state index contributed by atoms with van der Waals surface area (Å²) in [6, 6.07) is 6.55. The molecule has 31 heavy (non-hydrogen) atoms. The summed E-state index contributed by atoms with van der Waals surface area (Å²) in [7, 11) is -4.26. The van der Waals surface area contributed by atoms with E-state index in [1.807, 2.05) is 0 Å². The monoisotopic (exact) mass is 474 g/mol. The number of nitrogens with zero attached hydrogens (tertiary/aromatic N) is 1. The first-order valence-corrected chi connectivity index (χ1v) is 10.7. The van der Waals surface area contributed by atoms with Crippen LogP contribution in [0.2, 0.25) is 0 Å². The Bertz CT molecular complexity index is 1190. The summed E-state index contributed by atoms with van der Waals surface area (Å²) in [6.07, 6.45) is -4.58. The molecular weight excluding hydrogens is 458 g/mol. The van der Waals surface area contributed by atoms with Crippen LogP contribution in [0.3, 0.4) is 0 Å². The fourth-order valence-corrected chi connectivity index (χ4v) is 4.52. The van der Waals surface area contributed by atoms with Crippen LogP contribution in [0.25, 0.3) is 0 Å². The molecule has 1 unspecified atom stereocenters. The number of aldehydes is 1. The minimum absolute atomic E-state index is 0.117. The third kappa shape index (κ3) is 4.01. The van der Waals surface area contributed by atoms with Gasteiger partial charge in [0.05, 0.1) is 12.2 Å². The summed E-state index contributed by atoms with van der Waals surface area (Å²) in [5, 5.41) is 20.4. The molecule has 5 atom stereocenters. The van der Waals surface area contributed by atoms with E-state index in [4.69, 9.17) is 30.5 Å². The summed E-state index contributed by atoms with van der Waals surface area (Å²) >= 11 is 4.82. The molecular formula is C17H16FN2O9PS. The Morgan fingerprint density at radius 3 is 2.90 bits per heavy atom. The number of aliphatic hydroxyl groups excluding tert-OH is 2. The first-order valence-electron chi connectivity index (χ1n) is 8.86. The zero-order valence-corrected chi connectivity index (χ0v) is 17.3. The van der Waals surface area contributed by atoms with Crippen LogP contribution in [0.5, 0.6) is 5.75 Å². The van der Waals surface area contributed by atoms with E-state index in [0.29, 0.717) is 16.4 Å². The second-order valence-electron chi connectivity index (χ2n) is 6.79. The molecule has 166 valence electrons. The summed E-state index contributed by atoms with van der Waals surface area (Å²) in [4.78, 5) is 25.4. The third-order valence-electron chi connectivity index (χ3n) is 4.75. The number of rotatable bonds is 5. The summed E-state index contributed by atoms with van der Waals surface area (Å²) in [6.45, 7) is -1.27. The molecule has 0 bridgehead atoms. The molecule has 2 aromatic rings. The normalized spacial score (nSPS) is 32.3. The van der Waals surface area contributed by atoms with E-state index in [-0.39, 0.29) is 22.6 Å². The fourth-order valence-electron chi connectivity index (χ4n) is 3.10. The maximum absolute atomic E-state index is 15.3. The Balaban J connectivity index is 1.54. The van der Waals surface area contributed by atoms with Crippen LogP contribution in [0.1, 0.15) is 22.1 Å². The lowest BCUT2D eigenvalue weighted by molar-refractivity contribution is -0.205. The first kappa shape index (κ1) is 22.0. The highest BCUT2D eigenvalue weighted by Gasteiger charge is 2.57. The van der Waals surface area contributed by atoms with Crippen LogP contribution in [0, 0.1) is 4.64 Å². The van der Waals surface area contributed by atoms with Gasteiger partial charge in [0.2, 0.25) is 0 Å². The van der Waals surface area contributed by atoms with Crippen molar-refractivity contribution >= 4 is 26.3 Å². The molecule has 1 fully saturated rings. The number of fused-ring (bicyclic) bond motifs is 1. The molecule has 1 aromatic heterocycles. The van der Waals surface area contributed by atoms with Gasteiger partial charge < -0.3 is 19.5 Å². The zero-order valence-electron chi connectivity index (χ0n) is 15.5. The van der Waals surface area contributed by atoms with Crippen molar-refractivity contribution < 1.29 is 42.3 Å². The number of H-pyrrole nitrogens is 1. The zero-order chi connectivity index (χ0) is 22.4. The third-order valence-corrected chi connectivity index (χ3v) is 6.40. The highest BCUT2D eigenvalue weighted by Crippen LogP contribution is 2.55. The molecule has 0 radical (unpaired) electrons. The number of carbonyl (C=O) groups excluding carboxylic acids is 1. The number of phosphoric ester groups is 1. The second-order valence-corrected chi connectivity index (χ2v) is 8.79. The SMILES string of the molecule is O=Cc1cn([C@@H]2O[C@](F)(COP3(=O)OCc4ccccc4O3)[C@@H](O)[C@H]2O)c(=O)[nH]c1=S. The van der Waals surface area contributed by atoms with E-state index in [1.165, 1.54) is 6.07 Å². The van der Waals surface area contributed by atoms with Crippen molar-refractivity contribution in [1.82, 2.24) is 9.55 Å².